The van der Waals surface area contributed by atoms with Crippen LogP contribution in [0.15, 0.2) is 53.5 Å². The average molecular weight is 494 g/mol. The zero-order valence-electron chi connectivity index (χ0n) is 17.0. The zero-order chi connectivity index (χ0) is 19.1. The highest BCUT2D eigenvalue weighted by Gasteiger charge is 2.11. The van der Waals surface area contributed by atoms with Crippen LogP contribution >= 0.6 is 24.0 Å². The van der Waals surface area contributed by atoms with Crippen molar-refractivity contribution in [3.05, 3.63) is 65.2 Å². The molecule has 0 saturated carbocycles. The van der Waals surface area contributed by atoms with Crippen LogP contribution in [0.1, 0.15) is 16.7 Å². The number of morpholine rings is 1. The molecule has 2 aromatic rings. The summed E-state index contributed by atoms with van der Waals surface area (Å²) in [6.45, 7) is 7.25. The summed E-state index contributed by atoms with van der Waals surface area (Å²) in [6, 6.07) is 17.4. The third-order valence-electron chi connectivity index (χ3n) is 4.88. The van der Waals surface area contributed by atoms with Gasteiger partial charge in [-0.05, 0) is 30.2 Å². The van der Waals surface area contributed by atoms with Crippen LogP contribution in [-0.2, 0) is 17.8 Å². The molecule has 152 valence electrons. The Morgan fingerprint density at radius 3 is 2.25 bits per heavy atom. The van der Waals surface area contributed by atoms with Crippen molar-refractivity contribution in [3.8, 4) is 0 Å². The lowest BCUT2D eigenvalue weighted by Gasteiger charge is -2.29. The molecule has 0 radical (unpaired) electrons. The largest absolute Gasteiger partial charge is 0.378 e. The second-order valence-corrected chi connectivity index (χ2v) is 7.01. The van der Waals surface area contributed by atoms with Crippen LogP contribution < -0.4 is 10.2 Å². The quantitative estimate of drug-likeness (QED) is 0.392. The molecule has 0 bridgehead atoms. The monoisotopic (exact) mass is 494 g/mol. The highest BCUT2D eigenvalue weighted by molar-refractivity contribution is 14.0. The molecule has 1 aliphatic heterocycles. The molecule has 28 heavy (non-hydrogen) atoms. The fourth-order valence-electron chi connectivity index (χ4n) is 3.25. The molecule has 1 saturated heterocycles. The Morgan fingerprint density at radius 1 is 1.04 bits per heavy atom. The lowest BCUT2D eigenvalue weighted by atomic mass is 10.1. The number of halogens is 1. The van der Waals surface area contributed by atoms with Gasteiger partial charge in [-0.3, -0.25) is 4.99 Å². The van der Waals surface area contributed by atoms with E-state index in [0.29, 0.717) is 0 Å². The van der Waals surface area contributed by atoms with Gasteiger partial charge >= 0.3 is 0 Å². The van der Waals surface area contributed by atoms with E-state index in [2.05, 4.69) is 82.6 Å². The van der Waals surface area contributed by atoms with E-state index < -0.39 is 0 Å². The Morgan fingerprint density at radius 2 is 1.64 bits per heavy atom. The Kier molecular flexibility index (Phi) is 9.05. The number of guanidine groups is 1. The molecule has 5 nitrogen and oxygen atoms in total. The van der Waals surface area contributed by atoms with Crippen molar-refractivity contribution in [2.45, 2.75) is 20.0 Å². The normalized spacial score (nSPS) is 14.4. The first-order valence-electron chi connectivity index (χ1n) is 9.54. The van der Waals surface area contributed by atoms with Crippen molar-refractivity contribution in [1.29, 1.82) is 0 Å². The summed E-state index contributed by atoms with van der Waals surface area (Å²) in [5.41, 5.74) is 5.07. The summed E-state index contributed by atoms with van der Waals surface area (Å²) in [5.74, 6) is 0.896. The van der Waals surface area contributed by atoms with Crippen LogP contribution in [0, 0.1) is 6.92 Å². The number of benzene rings is 2. The van der Waals surface area contributed by atoms with E-state index in [0.717, 1.165) is 45.4 Å². The Bertz CT molecular complexity index is 740. The van der Waals surface area contributed by atoms with E-state index in [1.807, 2.05) is 7.05 Å². The minimum Gasteiger partial charge on any atom is -0.378 e. The molecular formula is C22H31IN4O. The second kappa shape index (κ2) is 11.3. The van der Waals surface area contributed by atoms with Gasteiger partial charge in [0.05, 0.1) is 13.2 Å². The number of nitrogens with zero attached hydrogens (tertiary/aromatic N) is 3. The Hall–Kier alpha value is -1.80. The minimum absolute atomic E-state index is 0. The van der Waals surface area contributed by atoms with Crippen LogP contribution in [0.3, 0.4) is 0 Å². The van der Waals surface area contributed by atoms with Crippen LogP contribution in [-0.4, -0.2) is 51.3 Å². The molecule has 1 N–H and O–H groups in total. The fraction of sp³-hybridized carbons (Fsp3) is 0.409. The zero-order valence-corrected chi connectivity index (χ0v) is 19.3. The van der Waals surface area contributed by atoms with Gasteiger partial charge in [-0.15, -0.1) is 24.0 Å². The summed E-state index contributed by atoms with van der Waals surface area (Å²) >= 11 is 0. The Labute approximate surface area is 185 Å². The van der Waals surface area contributed by atoms with Crippen molar-refractivity contribution in [2.75, 3.05) is 45.3 Å². The predicted octanol–water partition coefficient (Wildman–Crippen LogP) is 3.66. The molecule has 6 heteroatoms. The Balaban J connectivity index is 0.00000280. The fourth-order valence-corrected chi connectivity index (χ4v) is 3.25. The van der Waals surface area contributed by atoms with Gasteiger partial charge in [-0.1, -0.05) is 42.0 Å². The summed E-state index contributed by atoms with van der Waals surface area (Å²) in [4.78, 5) is 8.93. The maximum atomic E-state index is 5.42. The molecule has 3 rings (SSSR count). The maximum absolute atomic E-state index is 5.42. The number of rotatable bonds is 5. The number of hydrogen-bond acceptors (Lipinski definition) is 3. The molecule has 1 fully saturated rings. The van der Waals surface area contributed by atoms with E-state index >= 15 is 0 Å². The van der Waals surface area contributed by atoms with Crippen molar-refractivity contribution in [3.63, 3.8) is 0 Å². The van der Waals surface area contributed by atoms with E-state index in [-0.39, 0.29) is 24.0 Å². The number of nitrogens with one attached hydrogen (secondary N) is 1. The van der Waals surface area contributed by atoms with Gasteiger partial charge in [0.15, 0.2) is 5.96 Å². The maximum Gasteiger partial charge on any atom is 0.193 e. The van der Waals surface area contributed by atoms with E-state index in [1.54, 1.807) is 0 Å². The molecule has 1 heterocycles. The molecule has 0 aromatic heterocycles. The van der Waals surface area contributed by atoms with Gasteiger partial charge in [0.25, 0.3) is 0 Å². The number of anilines is 1. The summed E-state index contributed by atoms with van der Waals surface area (Å²) in [5, 5.41) is 3.46. The molecule has 1 aliphatic rings. The number of ether oxygens (including phenoxy) is 1. The molecule has 0 spiro atoms. The van der Waals surface area contributed by atoms with Crippen LogP contribution in [0.25, 0.3) is 0 Å². The molecule has 0 atom stereocenters. The van der Waals surface area contributed by atoms with Crippen LogP contribution in [0.4, 0.5) is 5.69 Å². The van der Waals surface area contributed by atoms with Crippen LogP contribution in [0.5, 0.6) is 0 Å². The third kappa shape index (κ3) is 6.38. The highest BCUT2D eigenvalue weighted by atomic mass is 127. The summed E-state index contributed by atoms with van der Waals surface area (Å²) in [7, 11) is 3.90. The predicted molar refractivity (Wildman–Crippen MR) is 128 cm³/mol. The van der Waals surface area contributed by atoms with E-state index in [1.165, 1.54) is 22.4 Å². The SMILES string of the molecule is CN=C(NCc1ccc(N2CCOCC2)cc1)N(C)Cc1ccc(C)cc1.I. The van der Waals surface area contributed by atoms with Gasteiger partial charge in [-0.25, -0.2) is 0 Å². The minimum atomic E-state index is 0. The van der Waals surface area contributed by atoms with Gasteiger partial charge in [0.2, 0.25) is 0 Å². The second-order valence-electron chi connectivity index (χ2n) is 7.01. The standard InChI is InChI=1S/C22H30N4O.HI/c1-18-4-6-20(7-5-18)17-25(3)22(23-2)24-16-19-8-10-21(11-9-19)26-12-14-27-15-13-26;/h4-11H,12-17H2,1-3H3,(H,23,24);1H. The molecular weight excluding hydrogens is 463 g/mol. The van der Waals surface area contributed by atoms with Gasteiger partial charge < -0.3 is 19.9 Å². The smallest absolute Gasteiger partial charge is 0.193 e. The highest BCUT2D eigenvalue weighted by Crippen LogP contribution is 2.16. The average Bonchev–Trinajstić information content (AvgIpc) is 2.71. The van der Waals surface area contributed by atoms with Crippen molar-refractivity contribution in [1.82, 2.24) is 10.2 Å². The van der Waals surface area contributed by atoms with Crippen LogP contribution in [0.2, 0.25) is 0 Å². The first kappa shape index (κ1) is 22.5. The first-order chi connectivity index (χ1) is 13.2. The first-order valence-corrected chi connectivity index (χ1v) is 9.54. The molecule has 0 aliphatic carbocycles. The number of hydrogen-bond donors (Lipinski definition) is 1. The van der Waals surface area contributed by atoms with Gasteiger partial charge in [0, 0.05) is 46.0 Å². The number of aryl methyl sites for hydroxylation is 1. The lowest BCUT2D eigenvalue weighted by Crippen LogP contribution is -2.38. The lowest BCUT2D eigenvalue weighted by molar-refractivity contribution is 0.122. The molecule has 0 unspecified atom stereocenters. The van der Waals surface area contributed by atoms with Crippen molar-refractivity contribution >= 4 is 35.6 Å². The van der Waals surface area contributed by atoms with Gasteiger partial charge in [0.1, 0.15) is 0 Å². The topological polar surface area (TPSA) is 40.1 Å². The van der Waals surface area contributed by atoms with E-state index in [4.69, 9.17) is 4.74 Å². The number of aliphatic imine (C=N–C) groups is 1. The van der Waals surface area contributed by atoms with Crippen molar-refractivity contribution in [2.24, 2.45) is 4.99 Å². The molecule has 2 aromatic carbocycles. The third-order valence-corrected chi connectivity index (χ3v) is 4.88. The van der Waals surface area contributed by atoms with Gasteiger partial charge in [-0.2, -0.15) is 0 Å². The van der Waals surface area contributed by atoms with E-state index in [9.17, 15) is 0 Å². The summed E-state index contributed by atoms with van der Waals surface area (Å²) in [6.07, 6.45) is 0. The van der Waals surface area contributed by atoms with Crippen molar-refractivity contribution < 1.29 is 4.74 Å². The summed E-state index contributed by atoms with van der Waals surface area (Å²) < 4.78 is 5.42. The molecule has 0 amide bonds.